The van der Waals surface area contributed by atoms with Gasteiger partial charge >= 0.3 is 13.3 Å². The fourth-order valence-electron chi connectivity index (χ4n) is 2.11. The van der Waals surface area contributed by atoms with Gasteiger partial charge in [-0.2, -0.15) is 13.2 Å². The van der Waals surface area contributed by atoms with Gasteiger partial charge in [0, 0.05) is 0 Å². The second-order valence-electron chi connectivity index (χ2n) is 6.16. The molecule has 0 atom stereocenters. The Morgan fingerprint density at radius 1 is 1.05 bits per heavy atom. The number of hydrogen-bond acceptors (Lipinski definition) is 3. The van der Waals surface area contributed by atoms with Gasteiger partial charge in [-0.05, 0) is 39.8 Å². The lowest BCUT2D eigenvalue weighted by atomic mass is 9.77. The third-order valence-electron chi connectivity index (χ3n) is 4.13. The molecule has 0 aromatic heterocycles. The van der Waals surface area contributed by atoms with Gasteiger partial charge in [0.1, 0.15) is 11.6 Å². The summed E-state index contributed by atoms with van der Waals surface area (Å²) < 4.78 is 68.8. The van der Waals surface area contributed by atoms with E-state index in [1.807, 2.05) is 0 Å². The molecule has 1 fully saturated rings. The second-order valence-corrected chi connectivity index (χ2v) is 6.16. The maximum Gasteiger partial charge on any atom is 0.501 e. The smallest absolute Gasteiger partial charge is 0.497 e. The number of benzene rings is 1. The van der Waals surface area contributed by atoms with E-state index in [-0.39, 0.29) is 11.2 Å². The third kappa shape index (κ3) is 2.81. The number of hydrogen-bond donors (Lipinski definition) is 0. The van der Waals surface area contributed by atoms with Crippen molar-refractivity contribution in [3.05, 3.63) is 23.5 Å². The maximum absolute atomic E-state index is 14.2. The quantitative estimate of drug-likeness (QED) is 0.619. The summed E-state index contributed by atoms with van der Waals surface area (Å²) in [5.74, 6) is -1.34. The van der Waals surface area contributed by atoms with Crippen LogP contribution in [-0.4, -0.2) is 25.4 Å². The van der Waals surface area contributed by atoms with Crippen LogP contribution in [0.1, 0.15) is 33.3 Å². The van der Waals surface area contributed by atoms with Crippen molar-refractivity contribution in [1.82, 2.24) is 0 Å². The summed E-state index contributed by atoms with van der Waals surface area (Å²) in [5, 5.41) is 0. The van der Waals surface area contributed by atoms with Crippen molar-refractivity contribution in [1.29, 1.82) is 0 Å². The van der Waals surface area contributed by atoms with Gasteiger partial charge in [-0.25, -0.2) is 4.39 Å². The van der Waals surface area contributed by atoms with Crippen LogP contribution in [0.5, 0.6) is 5.75 Å². The lowest BCUT2D eigenvalue weighted by molar-refractivity contribution is -0.137. The molecule has 0 radical (unpaired) electrons. The molecule has 2 rings (SSSR count). The summed E-state index contributed by atoms with van der Waals surface area (Å²) in [6.07, 6.45) is -4.66. The Balaban J connectivity index is 2.49. The second kappa shape index (κ2) is 5.13. The number of methoxy groups -OCH3 is 1. The lowest BCUT2D eigenvalue weighted by Crippen LogP contribution is -2.41. The van der Waals surface area contributed by atoms with Crippen LogP contribution in [0.4, 0.5) is 17.6 Å². The predicted molar refractivity (Wildman–Crippen MR) is 73.7 cm³/mol. The largest absolute Gasteiger partial charge is 0.501 e. The average molecular weight is 320 g/mol. The zero-order valence-electron chi connectivity index (χ0n) is 13.0. The highest BCUT2D eigenvalue weighted by molar-refractivity contribution is 6.63. The Hall–Kier alpha value is -1.28. The first-order chi connectivity index (χ1) is 9.89. The summed E-state index contributed by atoms with van der Waals surface area (Å²) in [6.45, 7) is 7.06. The van der Waals surface area contributed by atoms with Crippen molar-refractivity contribution < 1.29 is 31.6 Å². The van der Waals surface area contributed by atoms with E-state index in [2.05, 4.69) is 0 Å². The molecular weight excluding hydrogens is 303 g/mol. The van der Waals surface area contributed by atoms with Crippen LogP contribution in [0.2, 0.25) is 0 Å². The molecule has 1 saturated heterocycles. The molecule has 0 N–H and O–H groups in total. The number of halogens is 4. The van der Waals surface area contributed by atoms with Crippen LogP contribution >= 0.6 is 0 Å². The zero-order chi connectivity index (χ0) is 16.9. The standard InChI is InChI=1S/C14H17BF4O3/c1-12(2)13(3,4)22-15(21-12)11-9(16)6-8(14(17,18)19)7-10(11)20-5/h6-7H,1-5H3. The number of ether oxygens (including phenoxy) is 1. The predicted octanol–water partition coefficient (Wildman–Crippen LogP) is 3.15. The molecule has 1 heterocycles. The number of alkyl halides is 3. The Kier molecular flexibility index (Phi) is 3.98. The Labute approximate surface area is 126 Å². The van der Waals surface area contributed by atoms with Gasteiger partial charge in [-0.15, -0.1) is 0 Å². The van der Waals surface area contributed by atoms with E-state index < -0.39 is 35.9 Å². The Morgan fingerprint density at radius 2 is 1.55 bits per heavy atom. The average Bonchev–Trinajstić information content (AvgIpc) is 2.55. The minimum absolute atomic E-state index is 0.172. The van der Waals surface area contributed by atoms with Crippen LogP contribution in [-0.2, 0) is 15.5 Å². The SMILES string of the molecule is COc1cc(C(F)(F)F)cc(F)c1B1OC(C)(C)C(C)(C)O1. The first-order valence-electron chi connectivity index (χ1n) is 6.69. The van der Waals surface area contributed by atoms with Gasteiger partial charge < -0.3 is 14.0 Å². The molecular formula is C14H17BF4O3. The maximum atomic E-state index is 14.2. The van der Waals surface area contributed by atoms with Crippen molar-refractivity contribution in [2.75, 3.05) is 7.11 Å². The van der Waals surface area contributed by atoms with Crippen molar-refractivity contribution in [3.8, 4) is 5.75 Å². The molecule has 3 nitrogen and oxygen atoms in total. The van der Waals surface area contributed by atoms with E-state index in [4.69, 9.17) is 14.0 Å². The van der Waals surface area contributed by atoms with E-state index in [1.165, 1.54) is 7.11 Å². The fourth-order valence-corrected chi connectivity index (χ4v) is 2.11. The topological polar surface area (TPSA) is 27.7 Å². The summed E-state index contributed by atoms with van der Waals surface area (Å²) >= 11 is 0. The lowest BCUT2D eigenvalue weighted by Gasteiger charge is -2.32. The van der Waals surface area contributed by atoms with Crippen LogP contribution < -0.4 is 10.2 Å². The normalized spacial score (nSPS) is 20.3. The number of rotatable bonds is 2. The van der Waals surface area contributed by atoms with Crippen molar-refractivity contribution >= 4 is 12.6 Å². The molecule has 0 bridgehead atoms. The van der Waals surface area contributed by atoms with Crippen molar-refractivity contribution in [2.24, 2.45) is 0 Å². The van der Waals surface area contributed by atoms with E-state index >= 15 is 0 Å². The molecule has 22 heavy (non-hydrogen) atoms. The molecule has 1 aromatic carbocycles. The fraction of sp³-hybridized carbons (Fsp3) is 0.571. The molecule has 0 aliphatic carbocycles. The minimum atomic E-state index is -4.66. The van der Waals surface area contributed by atoms with Gasteiger partial charge in [-0.1, -0.05) is 0 Å². The van der Waals surface area contributed by atoms with Gasteiger partial charge in [0.15, 0.2) is 0 Å². The van der Waals surface area contributed by atoms with E-state index in [9.17, 15) is 17.6 Å². The molecule has 122 valence electrons. The summed E-state index contributed by atoms with van der Waals surface area (Å²) in [5.41, 5.74) is -2.77. The van der Waals surface area contributed by atoms with Gasteiger partial charge in [0.2, 0.25) is 0 Å². The molecule has 8 heteroatoms. The summed E-state index contributed by atoms with van der Waals surface area (Å²) in [6, 6.07) is 1.16. The van der Waals surface area contributed by atoms with E-state index in [0.717, 1.165) is 6.07 Å². The summed E-state index contributed by atoms with van der Waals surface area (Å²) in [4.78, 5) is 0. The molecule has 0 amide bonds. The molecule has 1 aliphatic rings. The molecule has 1 aromatic rings. The zero-order valence-corrected chi connectivity index (χ0v) is 13.0. The first kappa shape index (κ1) is 17.1. The van der Waals surface area contributed by atoms with Crippen LogP contribution in [0.25, 0.3) is 0 Å². The molecule has 1 aliphatic heterocycles. The van der Waals surface area contributed by atoms with Gasteiger partial charge in [-0.3, -0.25) is 0 Å². The third-order valence-corrected chi connectivity index (χ3v) is 4.13. The van der Waals surface area contributed by atoms with Crippen LogP contribution in [0.3, 0.4) is 0 Å². The molecule has 0 unspecified atom stereocenters. The monoisotopic (exact) mass is 320 g/mol. The Bertz CT molecular complexity index is 568. The van der Waals surface area contributed by atoms with Gasteiger partial charge in [0.25, 0.3) is 0 Å². The Morgan fingerprint density at radius 3 is 1.95 bits per heavy atom. The van der Waals surface area contributed by atoms with Crippen molar-refractivity contribution in [3.63, 3.8) is 0 Å². The highest BCUT2D eigenvalue weighted by atomic mass is 19.4. The van der Waals surface area contributed by atoms with Crippen LogP contribution in [0.15, 0.2) is 12.1 Å². The van der Waals surface area contributed by atoms with Crippen molar-refractivity contribution in [2.45, 2.75) is 45.1 Å². The first-order valence-corrected chi connectivity index (χ1v) is 6.69. The van der Waals surface area contributed by atoms with Crippen LogP contribution in [0, 0.1) is 5.82 Å². The molecule has 0 spiro atoms. The minimum Gasteiger partial charge on any atom is -0.497 e. The van der Waals surface area contributed by atoms with E-state index in [0.29, 0.717) is 6.07 Å². The van der Waals surface area contributed by atoms with E-state index in [1.54, 1.807) is 27.7 Å². The molecule has 0 saturated carbocycles. The highest BCUT2D eigenvalue weighted by Crippen LogP contribution is 2.38. The summed E-state index contributed by atoms with van der Waals surface area (Å²) in [7, 11) is 0.0335. The van der Waals surface area contributed by atoms with Gasteiger partial charge in [0.05, 0.1) is 29.3 Å². The highest BCUT2D eigenvalue weighted by Gasteiger charge is 2.53.